The Morgan fingerprint density at radius 1 is 1.13 bits per heavy atom. The third-order valence-corrected chi connectivity index (χ3v) is 6.00. The Labute approximate surface area is 175 Å². The van der Waals surface area contributed by atoms with Crippen LogP contribution >= 0.6 is 0 Å². The van der Waals surface area contributed by atoms with Crippen LogP contribution in [0.2, 0.25) is 0 Å². The maximum atomic E-state index is 13.1. The number of hydrogen-bond donors (Lipinski definition) is 2. The Morgan fingerprint density at radius 2 is 1.97 bits per heavy atom. The summed E-state index contributed by atoms with van der Waals surface area (Å²) < 4.78 is 13.1. The fraction of sp³-hybridized carbons (Fsp3) is 0.0455. The molecule has 2 aliphatic heterocycles. The van der Waals surface area contributed by atoms with Crippen LogP contribution in [0.1, 0.15) is 15.9 Å². The molecular weight excluding hydrogens is 400 g/mol. The van der Waals surface area contributed by atoms with Gasteiger partial charge in [-0.2, -0.15) is 0 Å². The van der Waals surface area contributed by atoms with Crippen molar-refractivity contribution in [2.45, 2.75) is 9.79 Å². The van der Waals surface area contributed by atoms with Gasteiger partial charge in [0.25, 0.3) is 5.91 Å². The van der Waals surface area contributed by atoms with Gasteiger partial charge < -0.3 is 5.32 Å². The minimum atomic E-state index is -1.55. The third-order valence-electron chi connectivity index (χ3n) is 4.57. The van der Waals surface area contributed by atoms with Gasteiger partial charge in [-0.15, -0.1) is 10.2 Å². The molecule has 2 heterocycles. The highest BCUT2D eigenvalue weighted by Crippen LogP contribution is 2.37. The molecule has 2 aliphatic rings. The highest BCUT2D eigenvalue weighted by Gasteiger charge is 2.20. The average Bonchev–Trinajstić information content (AvgIpc) is 3.19. The van der Waals surface area contributed by atoms with Gasteiger partial charge in [0.05, 0.1) is 38.3 Å². The number of carbonyl (C=O) groups is 1. The van der Waals surface area contributed by atoms with E-state index in [0.717, 1.165) is 10.6 Å². The van der Waals surface area contributed by atoms with Crippen LogP contribution in [0.3, 0.4) is 0 Å². The summed E-state index contributed by atoms with van der Waals surface area (Å²) in [6.07, 6.45) is 10.3. The molecule has 0 spiro atoms. The van der Waals surface area contributed by atoms with Crippen molar-refractivity contribution in [1.82, 2.24) is 10.4 Å². The number of benzene rings is 2. The van der Waals surface area contributed by atoms with Gasteiger partial charge in [-0.05, 0) is 54.6 Å². The standard InChI is InChI=1S/C22H18N4O3S/c1-23-22(27)18-7-2-3-8-21(18)30(29)16-10-11-17-19(24-25-20(17)14-16)12-9-15-6-4-5-13-26(15)28/h2-14,28H,1H3,(H,23,27)/b15-9+,19-12+. The second-order valence-electron chi connectivity index (χ2n) is 6.41. The van der Waals surface area contributed by atoms with Gasteiger partial charge in [0, 0.05) is 23.7 Å². The first-order valence-electron chi connectivity index (χ1n) is 9.12. The van der Waals surface area contributed by atoms with Crippen LogP contribution in [0.4, 0.5) is 5.69 Å². The highest BCUT2D eigenvalue weighted by atomic mass is 32.2. The van der Waals surface area contributed by atoms with E-state index in [1.807, 2.05) is 12.1 Å². The molecule has 0 saturated heterocycles. The molecule has 1 amide bonds. The molecule has 0 fully saturated rings. The summed E-state index contributed by atoms with van der Waals surface area (Å²) in [6.45, 7) is 0. The predicted octanol–water partition coefficient (Wildman–Crippen LogP) is 4.31. The Morgan fingerprint density at radius 3 is 2.77 bits per heavy atom. The molecule has 8 heteroatoms. The van der Waals surface area contributed by atoms with Gasteiger partial charge in [-0.1, -0.05) is 18.2 Å². The van der Waals surface area contributed by atoms with Gasteiger partial charge >= 0.3 is 0 Å². The number of azo groups is 1. The predicted molar refractivity (Wildman–Crippen MR) is 113 cm³/mol. The van der Waals surface area contributed by atoms with E-state index in [0.29, 0.717) is 32.4 Å². The van der Waals surface area contributed by atoms with Crippen molar-refractivity contribution >= 4 is 28.1 Å². The summed E-state index contributed by atoms with van der Waals surface area (Å²) in [6, 6.07) is 12.1. The summed E-state index contributed by atoms with van der Waals surface area (Å²) in [4.78, 5) is 13.1. The number of fused-ring (bicyclic) bond motifs is 1. The van der Waals surface area contributed by atoms with Crippen molar-refractivity contribution in [2.24, 2.45) is 10.2 Å². The summed E-state index contributed by atoms with van der Waals surface area (Å²) in [5.41, 5.74) is 3.00. The Bertz CT molecular complexity index is 1190. The van der Waals surface area contributed by atoms with E-state index in [2.05, 4.69) is 15.5 Å². The van der Waals surface area contributed by atoms with Crippen LogP contribution in [0.15, 0.2) is 105 Å². The zero-order valence-electron chi connectivity index (χ0n) is 16.0. The van der Waals surface area contributed by atoms with E-state index in [4.69, 9.17) is 0 Å². The lowest BCUT2D eigenvalue weighted by molar-refractivity contribution is -0.000196. The van der Waals surface area contributed by atoms with Crippen molar-refractivity contribution in [3.63, 3.8) is 0 Å². The Kier molecular flexibility index (Phi) is 5.51. The van der Waals surface area contributed by atoms with E-state index in [1.54, 1.807) is 60.7 Å². The fourth-order valence-corrected chi connectivity index (χ4v) is 4.26. The SMILES string of the molecule is CNC(=O)c1ccccc1S(=O)c1ccc2c(c1)N=N/C2=C/C=C1\C=CC=CN1O. The average molecular weight is 418 g/mol. The largest absolute Gasteiger partial charge is 0.355 e. The van der Waals surface area contributed by atoms with E-state index in [9.17, 15) is 14.2 Å². The van der Waals surface area contributed by atoms with Crippen molar-refractivity contribution in [1.29, 1.82) is 0 Å². The molecule has 0 aliphatic carbocycles. The Hall–Kier alpha value is -3.62. The van der Waals surface area contributed by atoms with Crippen LogP contribution in [0.25, 0.3) is 5.70 Å². The first-order valence-corrected chi connectivity index (χ1v) is 10.3. The molecule has 4 rings (SSSR count). The first-order chi connectivity index (χ1) is 14.6. The lowest BCUT2D eigenvalue weighted by atomic mass is 10.1. The normalized spacial score (nSPS) is 18.1. The van der Waals surface area contributed by atoms with Crippen molar-refractivity contribution in [3.8, 4) is 0 Å². The highest BCUT2D eigenvalue weighted by molar-refractivity contribution is 7.85. The maximum Gasteiger partial charge on any atom is 0.252 e. The fourth-order valence-electron chi connectivity index (χ4n) is 3.03. The number of allylic oxidation sites excluding steroid dienone is 5. The first kappa shape index (κ1) is 19.7. The van der Waals surface area contributed by atoms with Gasteiger partial charge in [-0.25, -0.2) is 9.27 Å². The molecule has 1 atom stereocenters. The topological polar surface area (TPSA) is 94.4 Å². The van der Waals surface area contributed by atoms with E-state index in [-0.39, 0.29) is 5.91 Å². The number of nitrogens with one attached hydrogen (secondary N) is 1. The second-order valence-corrected chi connectivity index (χ2v) is 7.86. The van der Waals surface area contributed by atoms with E-state index < -0.39 is 10.8 Å². The van der Waals surface area contributed by atoms with Crippen LogP contribution in [-0.4, -0.2) is 27.4 Å². The van der Waals surface area contributed by atoms with Crippen LogP contribution in [-0.2, 0) is 10.8 Å². The summed E-state index contributed by atoms with van der Waals surface area (Å²) in [5.74, 6) is -0.289. The van der Waals surface area contributed by atoms with E-state index in [1.165, 1.54) is 13.2 Å². The number of rotatable bonds is 4. The quantitative estimate of drug-likeness (QED) is 0.774. The molecule has 150 valence electrons. The molecule has 0 aromatic heterocycles. The van der Waals surface area contributed by atoms with Gasteiger partial charge in [0.15, 0.2) is 0 Å². The number of nitrogens with zero attached hydrogens (tertiary/aromatic N) is 3. The lowest BCUT2D eigenvalue weighted by Crippen LogP contribution is -2.19. The number of hydrogen-bond acceptors (Lipinski definition) is 6. The molecule has 2 N–H and O–H groups in total. The zero-order chi connectivity index (χ0) is 21.1. The number of amides is 1. The van der Waals surface area contributed by atoms with Gasteiger partial charge in [0.1, 0.15) is 0 Å². The molecule has 0 saturated carbocycles. The van der Waals surface area contributed by atoms with Gasteiger partial charge in [-0.3, -0.25) is 10.0 Å². The van der Waals surface area contributed by atoms with Crippen LogP contribution in [0, 0.1) is 0 Å². The van der Waals surface area contributed by atoms with Crippen molar-refractivity contribution < 1.29 is 14.2 Å². The Balaban J connectivity index is 1.63. The molecule has 2 aromatic carbocycles. The van der Waals surface area contributed by atoms with Crippen LogP contribution < -0.4 is 5.32 Å². The molecule has 30 heavy (non-hydrogen) atoms. The molecular formula is C22H18N4O3S. The van der Waals surface area contributed by atoms with Gasteiger partial charge in [0.2, 0.25) is 0 Å². The molecule has 0 bridgehead atoms. The van der Waals surface area contributed by atoms with Crippen LogP contribution in [0.5, 0.6) is 0 Å². The summed E-state index contributed by atoms with van der Waals surface area (Å²) >= 11 is 0. The zero-order valence-corrected chi connectivity index (χ0v) is 16.8. The molecule has 7 nitrogen and oxygen atoms in total. The number of carbonyl (C=O) groups excluding carboxylic acids is 1. The maximum absolute atomic E-state index is 13.1. The lowest BCUT2D eigenvalue weighted by Gasteiger charge is -2.14. The third kappa shape index (κ3) is 3.78. The molecule has 0 radical (unpaired) electrons. The number of hydroxylamine groups is 2. The van der Waals surface area contributed by atoms with Crippen molar-refractivity contribution in [3.05, 3.63) is 95.9 Å². The monoisotopic (exact) mass is 418 g/mol. The summed E-state index contributed by atoms with van der Waals surface area (Å²) in [5, 5.41) is 21.7. The van der Waals surface area contributed by atoms with E-state index >= 15 is 0 Å². The summed E-state index contributed by atoms with van der Waals surface area (Å²) in [7, 11) is -0.00876. The molecule has 1 unspecified atom stereocenters. The minimum Gasteiger partial charge on any atom is -0.355 e. The smallest absolute Gasteiger partial charge is 0.252 e. The van der Waals surface area contributed by atoms with Crippen molar-refractivity contribution in [2.75, 3.05) is 7.05 Å². The second kappa shape index (κ2) is 8.40. The molecule has 2 aromatic rings. The minimum absolute atomic E-state index is 0.289.